The van der Waals surface area contributed by atoms with Crippen molar-refractivity contribution in [2.24, 2.45) is 0 Å². The van der Waals surface area contributed by atoms with Crippen LogP contribution >= 0.6 is 11.6 Å². The fraction of sp³-hybridized carbons (Fsp3) is 0.208. The van der Waals surface area contributed by atoms with Crippen molar-refractivity contribution < 1.29 is 9.18 Å². The Bertz CT molecular complexity index is 1260. The summed E-state index contributed by atoms with van der Waals surface area (Å²) in [6.45, 7) is 2.23. The van der Waals surface area contributed by atoms with Gasteiger partial charge in [0, 0.05) is 18.2 Å². The van der Waals surface area contributed by atoms with Crippen LogP contribution in [-0.2, 0) is 11.3 Å². The number of hydrogen-bond donors (Lipinski definition) is 2. The Morgan fingerprint density at radius 2 is 1.91 bits per heavy atom. The highest BCUT2D eigenvalue weighted by Crippen LogP contribution is 2.22. The predicted octanol–water partition coefficient (Wildman–Crippen LogP) is 3.81. The van der Waals surface area contributed by atoms with Gasteiger partial charge in [-0.3, -0.25) is 19.1 Å². The van der Waals surface area contributed by atoms with Gasteiger partial charge in [0.05, 0.1) is 11.6 Å². The molecule has 0 radical (unpaired) electrons. The van der Waals surface area contributed by atoms with Crippen LogP contribution in [0.2, 0.25) is 5.02 Å². The summed E-state index contributed by atoms with van der Waals surface area (Å²) in [5, 5.41) is 0.146. The summed E-state index contributed by atoms with van der Waals surface area (Å²) in [6.07, 6.45) is 3.71. The zero-order valence-electron chi connectivity index (χ0n) is 18.1. The summed E-state index contributed by atoms with van der Waals surface area (Å²) in [4.78, 5) is 41.7. The zero-order chi connectivity index (χ0) is 24.0. The number of aromatic nitrogens is 2. The van der Waals surface area contributed by atoms with Gasteiger partial charge in [0.2, 0.25) is 0 Å². The number of hydrogen-bond acceptors (Lipinski definition) is 4. The number of carbonyl (C=O) groups is 1. The SMILES string of the molecule is CCCCN(C(=O)/C=C/c1c(F)cccc1Cl)c1c(N)n(Cc2ccccc2)c(=O)[nH]c1=O. The maximum atomic E-state index is 14.1. The zero-order valence-corrected chi connectivity index (χ0v) is 18.8. The molecule has 2 aromatic carbocycles. The van der Waals surface area contributed by atoms with Gasteiger partial charge in [0.15, 0.2) is 5.69 Å². The first-order chi connectivity index (χ1) is 15.8. The minimum atomic E-state index is -0.774. The van der Waals surface area contributed by atoms with E-state index >= 15 is 0 Å². The molecule has 0 saturated carbocycles. The van der Waals surface area contributed by atoms with Crippen LogP contribution in [0.15, 0.2) is 64.2 Å². The third-order valence-corrected chi connectivity index (χ3v) is 5.39. The third kappa shape index (κ3) is 5.59. The van der Waals surface area contributed by atoms with Crippen LogP contribution in [0.25, 0.3) is 6.08 Å². The molecule has 0 aliphatic carbocycles. The fourth-order valence-electron chi connectivity index (χ4n) is 3.32. The molecule has 0 spiro atoms. The van der Waals surface area contributed by atoms with E-state index in [1.165, 1.54) is 33.7 Å². The van der Waals surface area contributed by atoms with Gasteiger partial charge in [0.25, 0.3) is 11.5 Å². The number of nitrogen functional groups attached to an aromatic ring is 1. The first kappa shape index (κ1) is 24.0. The Morgan fingerprint density at radius 1 is 1.18 bits per heavy atom. The quantitative estimate of drug-likeness (QED) is 0.489. The first-order valence-electron chi connectivity index (χ1n) is 10.4. The number of carbonyl (C=O) groups excluding carboxylic acids is 1. The molecule has 0 unspecified atom stereocenters. The molecule has 3 N–H and O–H groups in total. The number of benzene rings is 2. The van der Waals surface area contributed by atoms with Crippen molar-refractivity contribution in [1.29, 1.82) is 0 Å². The molecule has 7 nitrogen and oxygen atoms in total. The Balaban J connectivity index is 2.04. The second kappa shape index (κ2) is 10.8. The summed E-state index contributed by atoms with van der Waals surface area (Å²) >= 11 is 6.03. The summed E-state index contributed by atoms with van der Waals surface area (Å²) < 4.78 is 15.3. The fourth-order valence-corrected chi connectivity index (χ4v) is 3.55. The second-order valence-corrected chi connectivity index (χ2v) is 7.78. The number of halogens is 2. The number of rotatable bonds is 8. The maximum Gasteiger partial charge on any atom is 0.330 e. The average Bonchev–Trinajstić information content (AvgIpc) is 2.79. The van der Waals surface area contributed by atoms with Crippen LogP contribution in [0, 0.1) is 5.82 Å². The molecule has 172 valence electrons. The highest BCUT2D eigenvalue weighted by Gasteiger charge is 2.23. The van der Waals surface area contributed by atoms with Gasteiger partial charge in [-0.1, -0.05) is 61.3 Å². The molecule has 0 aliphatic heterocycles. The van der Waals surface area contributed by atoms with E-state index in [9.17, 15) is 18.8 Å². The number of aromatic amines is 1. The van der Waals surface area contributed by atoms with Crippen molar-refractivity contribution in [1.82, 2.24) is 9.55 Å². The molecule has 1 aromatic heterocycles. The van der Waals surface area contributed by atoms with E-state index in [1.54, 1.807) is 0 Å². The lowest BCUT2D eigenvalue weighted by Gasteiger charge is -2.23. The summed E-state index contributed by atoms with van der Waals surface area (Å²) in [7, 11) is 0. The molecule has 1 heterocycles. The summed E-state index contributed by atoms with van der Waals surface area (Å²) in [6, 6.07) is 13.3. The maximum absolute atomic E-state index is 14.1. The highest BCUT2D eigenvalue weighted by molar-refractivity contribution is 6.32. The van der Waals surface area contributed by atoms with Crippen molar-refractivity contribution in [3.05, 3.63) is 97.4 Å². The summed E-state index contributed by atoms with van der Waals surface area (Å²) in [5.41, 5.74) is 5.51. The minimum Gasteiger partial charge on any atom is -0.383 e. The standard InChI is InChI=1S/C24H24ClFN4O3/c1-2-3-14-29(20(31)13-12-17-18(25)10-7-11-19(17)26)21-22(27)30(24(33)28-23(21)32)15-16-8-5-4-6-9-16/h4-13H,2-3,14-15,27H2,1H3,(H,28,32,33)/b13-12+. The molecule has 33 heavy (non-hydrogen) atoms. The smallest absolute Gasteiger partial charge is 0.330 e. The van der Waals surface area contributed by atoms with Crippen molar-refractivity contribution in [2.75, 3.05) is 17.2 Å². The van der Waals surface area contributed by atoms with E-state index in [-0.39, 0.29) is 35.2 Å². The van der Waals surface area contributed by atoms with Gasteiger partial charge in [-0.05, 0) is 30.2 Å². The lowest BCUT2D eigenvalue weighted by Crippen LogP contribution is -2.41. The van der Waals surface area contributed by atoms with Crippen molar-refractivity contribution in [2.45, 2.75) is 26.3 Å². The number of amides is 1. The van der Waals surface area contributed by atoms with E-state index in [0.29, 0.717) is 6.42 Å². The van der Waals surface area contributed by atoms with Crippen molar-refractivity contribution in [3.63, 3.8) is 0 Å². The number of nitrogens with one attached hydrogen (secondary N) is 1. The Morgan fingerprint density at radius 3 is 2.58 bits per heavy atom. The van der Waals surface area contributed by atoms with Crippen LogP contribution in [0.4, 0.5) is 15.9 Å². The van der Waals surface area contributed by atoms with Crippen molar-refractivity contribution >= 4 is 35.1 Å². The largest absolute Gasteiger partial charge is 0.383 e. The molecule has 0 aliphatic rings. The van der Waals surface area contributed by atoms with Gasteiger partial charge in [-0.15, -0.1) is 0 Å². The van der Waals surface area contributed by atoms with Crippen LogP contribution < -0.4 is 21.9 Å². The average molecular weight is 471 g/mol. The van der Waals surface area contributed by atoms with E-state index in [4.69, 9.17) is 17.3 Å². The predicted molar refractivity (Wildman–Crippen MR) is 129 cm³/mol. The molecule has 0 atom stereocenters. The van der Waals surface area contributed by atoms with Crippen LogP contribution in [0.3, 0.4) is 0 Å². The first-order valence-corrected chi connectivity index (χ1v) is 10.8. The number of anilines is 2. The molecule has 9 heteroatoms. The molecule has 3 rings (SSSR count). The lowest BCUT2D eigenvalue weighted by molar-refractivity contribution is -0.114. The topological polar surface area (TPSA) is 101 Å². The van der Waals surface area contributed by atoms with E-state index in [1.807, 2.05) is 37.3 Å². The van der Waals surface area contributed by atoms with Crippen LogP contribution in [0.5, 0.6) is 0 Å². The molecule has 0 fully saturated rings. The Labute approximate surface area is 194 Å². The van der Waals surface area contributed by atoms with E-state index in [2.05, 4.69) is 4.98 Å². The number of nitrogens with zero attached hydrogens (tertiary/aromatic N) is 2. The normalized spacial score (nSPS) is 11.1. The Hall–Kier alpha value is -3.65. The molecule has 3 aromatic rings. The van der Waals surface area contributed by atoms with Gasteiger partial charge in [-0.25, -0.2) is 9.18 Å². The van der Waals surface area contributed by atoms with Crippen LogP contribution in [-0.4, -0.2) is 22.0 Å². The van der Waals surface area contributed by atoms with Gasteiger partial charge < -0.3 is 10.6 Å². The molecular formula is C24H24ClFN4O3. The van der Waals surface area contributed by atoms with Gasteiger partial charge in [0.1, 0.15) is 11.6 Å². The number of nitrogens with two attached hydrogens (primary N) is 1. The second-order valence-electron chi connectivity index (χ2n) is 7.38. The highest BCUT2D eigenvalue weighted by atomic mass is 35.5. The van der Waals surface area contributed by atoms with Crippen LogP contribution in [0.1, 0.15) is 30.9 Å². The lowest BCUT2D eigenvalue weighted by atomic mass is 10.2. The molecule has 0 saturated heterocycles. The molecule has 1 amide bonds. The monoisotopic (exact) mass is 470 g/mol. The van der Waals surface area contributed by atoms with Gasteiger partial charge >= 0.3 is 5.69 Å². The van der Waals surface area contributed by atoms with E-state index < -0.39 is 23.0 Å². The number of unbranched alkanes of at least 4 members (excludes halogenated alkanes) is 1. The molecule has 0 bridgehead atoms. The third-order valence-electron chi connectivity index (χ3n) is 5.06. The van der Waals surface area contributed by atoms with Gasteiger partial charge in [-0.2, -0.15) is 0 Å². The summed E-state index contributed by atoms with van der Waals surface area (Å²) in [5.74, 6) is -1.31. The number of H-pyrrole nitrogens is 1. The minimum absolute atomic E-state index is 0.0545. The molecular weight excluding hydrogens is 447 g/mol. The van der Waals surface area contributed by atoms with Crippen molar-refractivity contribution in [3.8, 4) is 0 Å². The van der Waals surface area contributed by atoms with E-state index in [0.717, 1.165) is 18.1 Å². The Kier molecular flexibility index (Phi) is 7.84.